The average molecular weight is 219 g/mol. The molecule has 0 atom stereocenters. The molecule has 5 heteroatoms. The predicted molar refractivity (Wildman–Crippen MR) is 62.8 cm³/mol. The second kappa shape index (κ2) is 5.14. The lowest BCUT2D eigenvalue weighted by Gasteiger charge is -2.01. The molecule has 0 saturated carbocycles. The number of rotatable bonds is 2. The van der Waals surface area contributed by atoms with Gasteiger partial charge in [0.05, 0.1) is 10.5 Å². The fourth-order valence-corrected chi connectivity index (χ4v) is 1.26. The number of hydrogen-bond donors (Lipinski definition) is 2. The summed E-state index contributed by atoms with van der Waals surface area (Å²) >= 11 is 0. The van der Waals surface area contributed by atoms with Gasteiger partial charge in [0.25, 0.3) is 5.69 Å². The number of aryl methyl sites for hydroxylation is 1. The molecule has 0 aliphatic rings. The number of hydrogen-bond acceptors (Lipinski definition) is 4. The van der Waals surface area contributed by atoms with E-state index in [9.17, 15) is 10.1 Å². The van der Waals surface area contributed by atoms with Gasteiger partial charge in [-0.25, -0.2) is 0 Å². The van der Waals surface area contributed by atoms with E-state index in [2.05, 4.69) is 11.8 Å². The van der Waals surface area contributed by atoms with E-state index in [0.29, 0.717) is 18.5 Å². The lowest BCUT2D eigenvalue weighted by Crippen LogP contribution is -1.99. The van der Waals surface area contributed by atoms with Gasteiger partial charge in [-0.3, -0.25) is 10.1 Å². The monoisotopic (exact) mass is 219 g/mol. The highest BCUT2D eigenvalue weighted by atomic mass is 16.6. The van der Waals surface area contributed by atoms with Crippen LogP contribution in [0.25, 0.3) is 0 Å². The number of anilines is 1. The molecule has 0 spiro atoms. The van der Waals surface area contributed by atoms with E-state index in [4.69, 9.17) is 11.5 Å². The molecule has 16 heavy (non-hydrogen) atoms. The quantitative estimate of drug-likeness (QED) is 0.338. The number of nitrogens with zero attached hydrogens (tertiary/aromatic N) is 1. The second-order valence-electron chi connectivity index (χ2n) is 3.34. The Balaban J connectivity index is 3.21. The van der Waals surface area contributed by atoms with Crippen LogP contribution in [0.2, 0.25) is 0 Å². The number of nitrogen functional groups attached to an aromatic ring is 1. The van der Waals surface area contributed by atoms with E-state index >= 15 is 0 Å². The van der Waals surface area contributed by atoms with Crippen LogP contribution in [0.5, 0.6) is 0 Å². The zero-order valence-corrected chi connectivity index (χ0v) is 8.99. The minimum absolute atomic E-state index is 0.1000. The Hall–Kier alpha value is -2.06. The van der Waals surface area contributed by atoms with Gasteiger partial charge in [0.15, 0.2) is 0 Å². The van der Waals surface area contributed by atoms with E-state index in [1.54, 1.807) is 13.0 Å². The molecule has 0 aromatic heterocycles. The van der Waals surface area contributed by atoms with Gasteiger partial charge >= 0.3 is 0 Å². The molecule has 1 rings (SSSR count). The zero-order chi connectivity index (χ0) is 12.1. The molecule has 0 fully saturated rings. The van der Waals surface area contributed by atoms with E-state index in [1.165, 1.54) is 6.07 Å². The van der Waals surface area contributed by atoms with Crippen molar-refractivity contribution < 1.29 is 4.92 Å². The first-order valence-electron chi connectivity index (χ1n) is 4.79. The molecule has 0 amide bonds. The number of nitro groups is 1. The van der Waals surface area contributed by atoms with E-state index < -0.39 is 4.92 Å². The maximum Gasteiger partial charge on any atom is 0.293 e. The minimum Gasteiger partial charge on any atom is -0.392 e. The molecule has 0 radical (unpaired) electrons. The van der Waals surface area contributed by atoms with Crippen LogP contribution in [0.3, 0.4) is 0 Å². The van der Waals surface area contributed by atoms with Crippen molar-refractivity contribution in [3.05, 3.63) is 33.4 Å². The maximum atomic E-state index is 10.7. The standard InChI is InChI=1S/C11H13N3O2/c1-8-6-9(4-2-3-5-12)11(13)10(7-8)14(15)16/h6-7H,3,5,12-13H2,1H3. The van der Waals surface area contributed by atoms with Crippen molar-refractivity contribution >= 4 is 11.4 Å². The normalized spacial score (nSPS) is 9.38. The van der Waals surface area contributed by atoms with Crippen molar-refractivity contribution in [1.29, 1.82) is 0 Å². The third-order valence-electron chi connectivity index (χ3n) is 1.99. The Morgan fingerprint density at radius 3 is 2.75 bits per heavy atom. The number of nitrogens with two attached hydrogens (primary N) is 2. The summed E-state index contributed by atoms with van der Waals surface area (Å²) in [6.45, 7) is 2.22. The Bertz CT molecular complexity index is 472. The molecule has 4 N–H and O–H groups in total. The van der Waals surface area contributed by atoms with Crippen LogP contribution >= 0.6 is 0 Å². The third-order valence-corrected chi connectivity index (χ3v) is 1.99. The Kier molecular flexibility index (Phi) is 3.86. The Labute approximate surface area is 93.6 Å². The molecule has 0 heterocycles. The highest BCUT2D eigenvalue weighted by Crippen LogP contribution is 2.26. The summed E-state index contributed by atoms with van der Waals surface area (Å²) in [7, 11) is 0. The molecular formula is C11H13N3O2. The lowest BCUT2D eigenvalue weighted by molar-refractivity contribution is -0.383. The van der Waals surface area contributed by atoms with E-state index in [0.717, 1.165) is 5.56 Å². The highest BCUT2D eigenvalue weighted by Gasteiger charge is 2.14. The van der Waals surface area contributed by atoms with E-state index in [-0.39, 0.29) is 11.4 Å². The van der Waals surface area contributed by atoms with Crippen molar-refractivity contribution in [1.82, 2.24) is 0 Å². The molecular weight excluding hydrogens is 206 g/mol. The van der Waals surface area contributed by atoms with Crippen LogP contribution in [0, 0.1) is 28.9 Å². The van der Waals surface area contributed by atoms with E-state index in [1.807, 2.05) is 0 Å². The molecule has 84 valence electrons. The van der Waals surface area contributed by atoms with Gasteiger partial charge in [-0.15, -0.1) is 0 Å². The summed E-state index contributed by atoms with van der Waals surface area (Å²) in [5.41, 5.74) is 12.2. The van der Waals surface area contributed by atoms with Crippen LogP contribution in [0.4, 0.5) is 11.4 Å². The molecule has 0 aliphatic heterocycles. The summed E-state index contributed by atoms with van der Waals surface area (Å²) in [6, 6.07) is 3.16. The summed E-state index contributed by atoms with van der Waals surface area (Å²) in [5.74, 6) is 5.60. The molecule has 0 saturated heterocycles. The molecule has 0 unspecified atom stereocenters. The van der Waals surface area contributed by atoms with Crippen molar-refractivity contribution in [2.45, 2.75) is 13.3 Å². The molecule has 5 nitrogen and oxygen atoms in total. The third kappa shape index (κ3) is 2.72. The van der Waals surface area contributed by atoms with Gasteiger partial charge < -0.3 is 11.5 Å². The van der Waals surface area contributed by atoms with Crippen LogP contribution in [0.1, 0.15) is 17.5 Å². The highest BCUT2D eigenvalue weighted by molar-refractivity contribution is 5.69. The van der Waals surface area contributed by atoms with Crippen LogP contribution in [-0.4, -0.2) is 11.5 Å². The van der Waals surface area contributed by atoms with Crippen molar-refractivity contribution in [2.24, 2.45) is 5.73 Å². The van der Waals surface area contributed by atoms with Gasteiger partial charge in [0.1, 0.15) is 5.69 Å². The minimum atomic E-state index is -0.504. The summed E-state index contributed by atoms with van der Waals surface area (Å²) in [6.07, 6.45) is 0.543. The summed E-state index contributed by atoms with van der Waals surface area (Å²) < 4.78 is 0. The first-order valence-corrected chi connectivity index (χ1v) is 4.79. The van der Waals surface area contributed by atoms with Gasteiger partial charge in [-0.1, -0.05) is 11.8 Å². The number of nitro benzene ring substituents is 1. The smallest absolute Gasteiger partial charge is 0.293 e. The summed E-state index contributed by atoms with van der Waals surface area (Å²) in [4.78, 5) is 10.2. The molecule has 0 bridgehead atoms. The fraction of sp³-hybridized carbons (Fsp3) is 0.273. The predicted octanol–water partition coefficient (Wildman–Crippen LogP) is 1.19. The van der Waals surface area contributed by atoms with Crippen molar-refractivity contribution in [3.8, 4) is 11.8 Å². The average Bonchev–Trinajstić information content (AvgIpc) is 2.22. The molecule has 0 aliphatic carbocycles. The topological polar surface area (TPSA) is 95.2 Å². The first-order chi connectivity index (χ1) is 7.56. The van der Waals surface area contributed by atoms with Gasteiger partial charge in [0, 0.05) is 19.0 Å². The first kappa shape index (κ1) is 12.0. The van der Waals surface area contributed by atoms with Crippen LogP contribution < -0.4 is 11.5 Å². The lowest BCUT2D eigenvalue weighted by atomic mass is 10.1. The number of benzene rings is 1. The molecule has 1 aromatic rings. The van der Waals surface area contributed by atoms with Gasteiger partial charge in [-0.2, -0.15) is 0 Å². The van der Waals surface area contributed by atoms with Crippen molar-refractivity contribution in [2.75, 3.05) is 12.3 Å². The fourth-order valence-electron chi connectivity index (χ4n) is 1.26. The zero-order valence-electron chi connectivity index (χ0n) is 8.99. The Morgan fingerprint density at radius 1 is 1.50 bits per heavy atom. The second-order valence-corrected chi connectivity index (χ2v) is 3.34. The summed E-state index contributed by atoms with van der Waals surface area (Å²) in [5, 5.41) is 10.7. The maximum absolute atomic E-state index is 10.7. The largest absolute Gasteiger partial charge is 0.392 e. The van der Waals surface area contributed by atoms with Gasteiger partial charge in [0.2, 0.25) is 0 Å². The SMILES string of the molecule is Cc1cc(C#CCCN)c(N)c([N+](=O)[O-])c1. The van der Waals surface area contributed by atoms with Gasteiger partial charge in [-0.05, 0) is 18.6 Å². The van der Waals surface area contributed by atoms with Crippen molar-refractivity contribution in [3.63, 3.8) is 0 Å². The van der Waals surface area contributed by atoms with Crippen LogP contribution in [0.15, 0.2) is 12.1 Å². The molecule has 1 aromatic carbocycles. The Morgan fingerprint density at radius 2 is 2.19 bits per heavy atom. The van der Waals surface area contributed by atoms with Crippen LogP contribution in [-0.2, 0) is 0 Å².